The fourth-order valence-corrected chi connectivity index (χ4v) is 7.07. The van der Waals surface area contributed by atoms with Gasteiger partial charge < -0.3 is 0 Å². The summed E-state index contributed by atoms with van der Waals surface area (Å²) in [5.74, 6) is 2.05. The first kappa shape index (κ1) is 20.4. The summed E-state index contributed by atoms with van der Waals surface area (Å²) in [5, 5.41) is 0. The summed E-state index contributed by atoms with van der Waals surface area (Å²) in [4.78, 5) is 3.24. The molecule has 0 N–H and O–H groups in total. The molecule has 0 aromatic carbocycles. The predicted octanol–water partition coefficient (Wildman–Crippen LogP) is 9.01. The van der Waals surface area contributed by atoms with Crippen LogP contribution in [0.4, 0.5) is 0 Å². The Morgan fingerprint density at radius 2 is 1.23 bits per heavy atom. The molecule has 2 aromatic rings. The van der Waals surface area contributed by atoms with Crippen LogP contribution in [0.3, 0.4) is 0 Å². The largest absolute Gasteiger partial charge is 0.139 e. The lowest BCUT2D eigenvalue weighted by molar-refractivity contribution is 0.249. The van der Waals surface area contributed by atoms with Crippen molar-refractivity contribution in [3.63, 3.8) is 0 Å². The van der Waals surface area contributed by atoms with E-state index in [0.717, 1.165) is 11.8 Å². The molecule has 0 saturated heterocycles. The van der Waals surface area contributed by atoms with Gasteiger partial charge in [-0.25, -0.2) is 0 Å². The van der Waals surface area contributed by atoms with Gasteiger partial charge in [-0.1, -0.05) is 78.1 Å². The average Bonchev–Trinajstić information content (AvgIpc) is 3.20. The average molecular weight is 391 g/mol. The molecule has 0 unspecified atom stereocenters. The molecule has 146 valence electrons. The van der Waals surface area contributed by atoms with E-state index in [0.29, 0.717) is 0 Å². The molecular formula is C24H38S2. The number of thiophene rings is 2. The highest BCUT2D eigenvalue weighted by atomic mass is 32.1. The SMILES string of the molecule is CCCCCc1cc2sc(CC[C@H]3CC[C@H](CCCCC)CC3)cc2s1. The molecule has 3 rings (SSSR count). The highest BCUT2D eigenvalue weighted by molar-refractivity contribution is 7.27. The molecule has 2 aromatic heterocycles. The molecule has 0 amide bonds. The summed E-state index contributed by atoms with van der Waals surface area (Å²) in [7, 11) is 0. The maximum Gasteiger partial charge on any atom is 0.0456 e. The fourth-order valence-electron chi connectivity index (χ4n) is 4.57. The fraction of sp³-hybridized carbons (Fsp3) is 0.750. The second kappa shape index (κ2) is 10.9. The van der Waals surface area contributed by atoms with Crippen molar-refractivity contribution in [3.8, 4) is 0 Å². The Balaban J connectivity index is 1.39. The second-order valence-electron chi connectivity index (χ2n) is 8.53. The van der Waals surface area contributed by atoms with Gasteiger partial charge in [0.2, 0.25) is 0 Å². The van der Waals surface area contributed by atoms with E-state index in [2.05, 4.69) is 48.7 Å². The van der Waals surface area contributed by atoms with E-state index in [-0.39, 0.29) is 0 Å². The third-order valence-electron chi connectivity index (χ3n) is 6.32. The van der Waals surface area contributed by atoms with Crippen molar-refractivity contribution < 1.29 is 0 Å². The normalized spacial score (nSPS) is 20.8. The Kier molecular flexibility index (Phi) is 8.52. The highest BCUT2D eigenvalue weighted by Gasteiger charge is 2.21. The smallest absolute Gasteiger partial charge is 0.0456 e. The lowest BCUT2D eigenvalue weighted by Crippen LogP contribution is -2.15. The van der Waals surface area contributed by atoms with Gasteiger partial charge in [-0.2, -0.15) is 0 Å². The van der Waals surface area contributed by atoms with Gasteiger partial charge in [0.05, 0.1) is 0 Å². The number of hydrogen-bond acceptors (Lipinski definition) is 2. The van der Waals surface area contributed by atoms with E-state index in [1.165, 1.54) is 89.9 Å². The summed E-state index contributed by atoms with van der Waals surface area (Å²) in [6.07, 6.45) is 19.9. The molecule has 0 bridgehead atoms. The second-order valence-corrected chi connectivity index (χ2v) is 10.9. The first-order valence-electron chi connectivity index (χ1n) is 11.3. The van der Waals surface area contributed by atoms with Gasteiger partial charge in [0.1, 0.15) is 0 Å². The molecule has 0 radical (unpaired) electrons. The van der Waals surface area contributed by atoms with Gasteiger partial charge in [-0.05, 0) is 49.7 Å². The van der Waals surface area contributed by atoms with E-state index in [4.69, 9.17) is 0 Å². The van der Waals surface area contributed by atoms with E-state index < -0.39 is 0 Å². The molecule has 2 heterocycles. The van der Waals surface area contributed by atoms with E-state index in [1.807, 2.05) is 0 Å². The maximum absolute atomic E-state index is 2.50. The van der Waals surface area contributed by atoms with Crippen LogP contribution in [0.5, 0.6) is 0 Å². The van der Waals surface area contributed by atoms with Gasteiger partial charge in [0.15, 0.2) is 0 Å². The summed E-state index contributed by atoms with van der Waals surface area (Å²) in [6.45, 7) is 4.61. The molecule has 0 spiro atoms. The summed E-state index contributed by atoms with van der Waals surface area (Å²) in [6, 6.07) is 4.98. The first-order valence-corrected chi connectivity index (χ1v) is 12.9. The highest BCUT2D eigenvalue weighted by Crippen LogP contribution is 2.37. The minimum Gasteiger partial charge on any atom is -0.139 e. The van der Waals surface area contributed by atoms with E-state index in [9.17, 15) is 0 Å². The van der Waals surface area contributed by atoms with Crippen molar-refractivity contribution in [1.29, 1.82) is 0 Å². The van der Waals surface area contributed by atoms with Crippen molar-refractivity contribution in [2.24, 2.45) is 11.8 Å². The number of unbranched alkanes of at least 4 members (excludes halogenated alkanes) is 4. The van der Waals surface area contributed by atoms with Crippen LogP contribution in [0.1, 0.15) is 101 Å². The Bertz CT molecular complexity index is 596. The zero-order chi connectivity index (χ0) is 18.2. The van der Waals surface area contributed by atoms with Crippen LogP contribution in [0.25, 0.3) is 9.40 Å². The molecule has 2 heteroatoms. The lowest BCUT2D eigenvalue weighted by Gasteiger charge is -2.28. The van der Waals surface area contributed by atoms with Crippen LogP contribution in [-0.2, 0) is 12.8 Å². The van der Waals surface area contributed by atoms with Crippen LogP contribution < -0.4 is 0 Å². The van der Waals surface area contributed by atoms with Crippen molar-refractivity contribution >= 4 is 32.1 Å². The molecule has 0 aliphatic heterocycles. The number of hydrogen-bond donors (Lipinski definition) is 0. The molecule has 26 heavy (non-hydrogen) atoms. The van der Waals surface area contributed by atoms with E-state index >= 15 is 0 Å². The molecule has 0 atom stereocenters. The van der Waals surface area contributed by atoms with Crippen molar-refractivity contribution in [2.75, 3.05) is 0 Å². The molecule has 1 aliphatic rings. The van der Waals surface area contributed by atoms with Crippen LogP contribution in [0, 0.1) is 11.8 Å². The van der Waals surface area contributed by atoms with Gasteiger partial charge in [0, 0.05) is 19.2 Å². The monoisotopic (exact) mass is 390 g/mol. The number of aryl methyl sites for hydroxylation is 2. The zero-order valence-corrected chi connectivity index (χ0v) is 18.7. The van der Waals surface area contributed by atoms with Crippen molar-refractivity contribution in [1.82, 2.24) is 0 Å². The lowest BCUT2D eigenvalue weighted by atomic mass is 9.78. The van der Waals surface area contributed by atoms with Gasteiger partial charge in [-0.3, -0.25) is 0 Å². The van der Waals surface area contributed by atoms with Crippen molar-refractivity contribution in [3.05, 3.63) is 21.9 Å². The Morgan fingerprint density at radius 1 is 0.692 bits per heavy atom. The molecule has 1 saturated carbocycles. The molecule has 1 fully saturated rings. The van der Waals surface area contributed by atoms with Crippen LogP contribution >= 0.6 is 22.7 Å². The van der Waals surface area contributed by atoms with Crippen LogP contribution in [-0.4, -0.2) is 0 Å². The Labute approximate surface area is 169 Å². The summed E-state index contributed by atoms with van der Waals surface area (Å²) in [5.41, 5.74) is 0. The third kappa shape index (κ3) is 6.09. The topological polar surface area (TPSA) is 0 Å². The Hall–Kier alpha value is -0.340. The first-order chi connectivity index (χ1) is 12.8. The van der Waals surface area contributed by atoms with Crippen LogP contribution in [0.2, 0.25) is 0 Å². The zero-order valence-electron chi connectivity index (χ0n) is 17.0. The maximum atomic E-state index is 2.50. The number of rotatable bonds is 11. The summed E-state index contributed by atoms with van der Waals surface area (Å²) >= 11 is 4.12. The molecule has 1 aliphatic carbocycles. The Morgan fingerprint density at radius 3 is 1.85 bits per heavy atom. The minimum atomic E-state index is 1.00. The van der Waals surface area contributed by atoms with Gasteiger partial charge in [-0.15, -0.1) is 22.7 Å². The van der Waals surface area contributed by atoms with Gasteiger partial charge >= 0.3 is 0 Å². The van der Waals surface area contributed by atoms with E-state index in [1.54, 1.807) is 19.2 Å². The molecular weight excluding hydrogens is 352 g/mol. The minimum absolute atomic E-state index is 1.00. The van der Waals surface area contributed by atoms with Crippen LogP contribution in [0.15, 0.2) is 12.1 Å². The standard InChI is InChI=1S/C24H38S2/c1-3-5-7-9-19-11-13-20(14-12-19)15-16-22-18-24-23(26-22)17-21(25-24)10-8-6-4-2/h17-20H,3-16H2,1-2H3/t19-,20-. The van der Waals surface area contributed by atoms with Gasteiger partial charge in [0.25, 0.3) is 0 Å². The molecule has 0 nitrogen and oxygen atoms in total. The predicted molar refractivity (Wildman–Crippen MR) is 121 cm³/mol. The summed E-state index contributed by atoms with van der Waals surface area (Å²) < 4.78 is 3.10. The van der Waals surface area contributed by atoms with Crippen molar-refractivity contribution in [2.45, 2.75) is 104 Å². The quantitative estimate of drug-likeness (QED) is 0.336. The third-order valence-corrected chi connectivity index (χ3v) is 8.73. The number of fused-ring (bicyclic) bond motifs is 1.